The van der Waals surface area contributed by atoms with Crippen LogP contribution in [0, 0.1) is 0 Å². The Morgan fingerprint density at radius 1 is 0.960 bits per heavy atom. The SMILES string of the molecule is Clc1cc(Br)c2nccn2n1.Clc1cc(NC2CC2)c2nccn2n1. The van der Waals surface area contributed by atoms with Gasteiger partial charge in [-0.15, -0.1) is 0 Å². The van der Waals surface area contributed by atoms with Gasteiger partial charge in [-0.2, -0.15) is 10.2 Å². The maximum absolute atomic E-state index is 5.88. The first kappa shape index (κ1) is 16.6. The molecule has 0 amide bonds. The van der Waals surface area contributed by atoms with E-state index in [1.807, 2.05) is 6.07 Å². The lowest BCUT2D eigenvalue weighted by atomic mass is 10.4. The van der Waals surface area contributed by atoms with E-state index in [4.69, 9.17) is 23.2 Å². The van der Waals surface area contributed by atoms with Crippen molar-refractivity contribution in [3.63, 3.8) is 0 Å². The van der Waals surface area contributed by atoms with Crippen molar-refractivity contribution in [3.05, 3.63) is 51.7 Å². The van der Waals surface area contributed by atoms with Gasteiger partial charge in [0.2, 0.25) is 0 Å². The molecule has 0 bridgehead atoms. The monoisotopic (exact) mass is 439 g/mol. The Morgan fingerprint density at radius 3 is 2.24 bits per heavy atom. The zero-order valence-electron chi connectivity index (χ0n) is 12.8. The Kier molecular flexibility index (Phi) is 4.49. The molecule has 0 spiro atoms. The van der Waals surface area contributed by atoms with Crippen LogP contribution < -0.4 is 5.32 Å². The molecule has 0 aliphatic heterocycles. The van der Waals surface area contributed by atoms with Crippen molar-refractivity contribution in [2.75, 3.05) is 5.32 Å². The van der Waals surface area contributed by atoms with E-state index in [0.717, 1.165) is 21.5 Å². The van der Waals surface area contributed by atoms with Gasteiger partial charge in [-0.25, -0.2) is 19.0 Å². The number of aromatic nitrogens is 6. The summed E-state index contributed by atoms with van der Waals surface area (Å²) in [7, 11) is 0. The van der Waals surface area contributed by atoms with Crippen molar-refractivity contribution in [2.45, 2.75) is 18.9 Å². The summed E-state index contributed by atoms with van der Waals surface area (Å²) in [4.78, 5) is 8.27. The Morgan fingerprint density at radius 2 is 1.56 bits per heavy atom. The van der Waals surface area contributed by atoms with Gasteiger partial charge in [0.25, 0.3) is 0 Å². The molecule has 0 unspecified atom stereocenters. The van der Waals surface area contributed by atoms with Crippen LogP contribution in [-0.2, 0) is 0 Å². The van der Waals surface area contributed by atoms with Crippen LogP contribution in [-0.4, -0.2) is 35.2 Å². The molecule has 4 aromatic heterocycles. The lowest BCUT2D eigenvalue weighted by Gasteiger charge is -2.05. The predicted octanol–water partition coefficient (Wildman–Crippen LogP) is 4.10. The highest BCUT2D eigenvalue weighted by atomic mass is 79.9. The highest BCUT2D eigenvalue weighted by molar-refractivity contribution is 9.10. The number of halogens is 3. The molecule has 1 N–H and O–H groups in total. The highest BCUT2D eigenvalue weighted by Gasteiger charge is 2.22. The normalized spacial score (nSPS) is 13.7. The van der Waals surface area contributed by atoms with Gasteiger partial charge in [0.05, 0.1) is 10.2 Å². The molecule has 0 saturated heterocycles. The van der Waals surface area contributed by atoms with E-state index >= 15 is 0 Å². The molecular weight excluding hydrogens is 429 g/mol. The lowest BCUT2D eigenvalue weighted by molar-refractivity contribution is 0.932. The minimum absolute atomic E-state index is 0.447. The number of hydrogen-bond donors (Lipinski definition) is 1. The van der Waals surface area contributed by atoms with E-state index < -0.39 is 0 Å². The minimum Gasteiger partial charge on any atom is -0.379 e. The van der Waals surface area contributed by atoms with Crippen LogP contribution >= 0.6 is 39.1 Å². The first-order valence-electron chi connectivity index (χ1n) is 7.52. The summed E-state index contributed by atoms with van der Waals surface area (Å²) in [6.45, 7) is 0. The summed E-state index contributed by atoms with van der Waals surface area (Å²) < 4.78 is 4.15. The zero-order valence-corrected chi connectivity index (χ0v) is 15.9. The Bertz CT molecular complexity index is 1040. The van der Waals surface area contributed by atoms with Gasteiger partial charge in [0.15, 0.2) is 21.6 Å². The molecule has 1 saturated carbocycles. The zero-order chi connectivity index (χ0) is 17.4. The fourth-order valence-electron chi connectivity index (χ4n) is 2.29. The smallest absolute Gasteiger partial charge is 0.177 e. The molecule has 25 heavy (non-hydrogen) atoms. The second-order valence-electron chi connectivity index (χ2n) is 5.51. The molecule has 1 aliphatic carbocycles. The van der Waals surface area contributed by atoms with Crippen LogP contribution in [0.5, 0.6) is 0 Å². The van der Waals surface area contributed by atoms with E-state index in [-0.39, 0.29) is 0 Å². The number of imidazole rings is 2. The summed E-state index contributed by atoms with van der Waals surface area (Å²) in [5.41, 5.74) is 2.58. The van der Waals surface area contributed by atoms with Crippen molar-refractivity contribution in [3.8, 4) is 0 Å². The lowest BCUT2D eigenvalue weighted by Crippen LogP contribution is -2.04. The van der Waals surface area contributed by atoms with Crippen LogP contribution in [0.3, 0.4) is 0 Å². The van der Waals surface area contributed by atoms with Crippen LogP contribution in [0.25, 0.3) is 11.3 Å². The molecule has 7 nitrogen and oxygen atoms in total. The standard InChI is InChI=1S/C9H9ClN4.C6H3BrClN3/c10-8-5-7(12-6-1-2-6)9-11-3-4-14(9)13-8;7-4-3-5(8)10-11-2-1-9-6(4)11/h3-6,12H,1-2H2;1-3H. The molecular formula is C15H12BrCl2N7. The van der Waals surface area contributed by atoms with Gasteiger partial charge in [-0.05, 0) is 34.8 Å². The number of nitrogens with one attached hydrogen (secondary N) is 1. The largest absolute Gasteiger partial charge is 0.379 e. The van der Waals surface area contributed by atoms with Gasteiger partial charge in [0.1, 0.15) is 0 Å². The third-order valence-corrected chi connectivity index (χ3v) is 4.50. The second-order valence-corrected chi connectivity index (χ2v) is 7.13. The van der Waals surface area contributed by atoms with Gasteiger partial charge < -0.3 is 5.32 Å². The molecule has 1 aliphatic rings. The first-order chi connectivity index (χ1) is 12.1. The van der Waals surface area contributed by atoms with Gasteiger partial charge in [-0.1, -0.05) is 23.2 Å². The summed E-state index contributed by atoms with van der Waals surface area (Å²) in [6.07, 6.45) is 9.38. The molecule has 1 fully saturated rings. The van der Waals surface area contributed by atoms with Gasteiger partial charge in [-0.3, -0.25) is 0 Å². The quantitative estimate of drug-likeness (QED) is 0.507. The number of rotatable bonds is 2. The fourth-order valence-corrected chi connectivity index (χ4v) is 3.30. The number of fused-ring (bicyclic) bond motifs is 2. The van der Waals surface area contributed by atoms with E-state index in [1.54, 1.807) is 39.9 Å². The van der Waals surface area contributed by atoms with Gasteiger partial charge >= 0.3 is 0 Å². The number of nitrogens with zero attached hydrogens (tertiary/aromatic N) is 6. The maximum atomic E-state index is 5.88. The summed E-state index contributed by atoms with van der Waals surface area (Å²) in [5.74, 6) is 0. The minimum atomic E-state index is 0.447. The number of anilines is 1. The van der Waals surface area contributed by atoms with Crippen LogP contribution in [0.1, 0.15) is 12.8 Å². The van der Waals surface area contributed by atoms with Crippen molar-refractivity contribution < 1.29 is 0 Å². The summed E-state index contributed by atoms with van der Waals surface area (Å²) in [5, 5.41) is 12.4. The summed E-state index contributed by atoms with van der Waals surface area (Å²) >= 11 is 14.9. The van der Waals surface area contributed by atoms with Crippen LogP contribution in [0.15, 0.2) is 41.4 Å². The molecule has 4 heterocycles. The molecule has 5 rings (SSSR count). The van der Waals surface area contributed by atoms with Crippen molar-refractivity contribution in [1.82, 2.24) is 29.2 Å². The third kappa shape index (κ3) is 3.70. The van der Waals surface area contributed by atoms with E-state index in [9.17, 15) is 0 Å². The molecule has 0 atom stereocenters. The first-order valence-corrected chi connectivity index (χ1v) is 9.07. The van der Waals surface area contributed by atoms with E-state index in [1.165, 1.54) is 12.8 Å². The molecule has 0 radical (unpaired) electrons. The second kappa shape index (κ2) is 6.78. The highest BCUT2D eigenvalue weighted by Crippen LogP contribution is 2.27. The molecule has 0 aromatic carbocycles. The Balaban J connectivity index is 0.000000129. The van der Waals surface area contributed by atoms with E-state index in [2.05, 4.69) is 41.4 Å². The third-order valence-electron chi connectivity index (χ3n) is 3.55. The molecule has 10 heteroatoms. The average molecular weight is 441 g/mol. The number of hydrogen-bond acceptors (Lipinski definition) is 5. The van der Waals surface area contributed by atoms with Gasteiger partial charge in [0, 0.05) is 36.9 Å². The maximum Gasteiger partial charge on any atom is 0.177 e. The van der Waals surface area contributed by atoms with Crippen molar-refractivity contribution in [1.29, 1.82) is 0 Å². The topological polar surface area (TPSA) is 72.4 Å². The average Bonchev–Trinajstić information content (AvgIpc) is 3.06. The fraction of sp³-hybridized carbons (Fsp3) is 0.200. The molecule has 4 aromatic rings. The van der Waals surface area contributed by atoms with Crippen LogP contribution in [0.2, 0.25) is 10.3 Å². The van der Waals surface area contributed by atoms with E-state index in [0.29, 0.717) is 16.3 Å². The molecule has 128 valence electrons. The van der Waals surface area contributed by atoms with Crippen molar-refractivity contribution >= 4 is 56.1 Å². The van der Waals surface area contributed by atoms with Crippen molar-refractivity contribution in [2.24, 2.45) is 0 Å². The Labute approximate surface area is 161 Å². The predicted molar refractivity (Wildman–Crippen MR) is 100 cm³/mol. The summed E-state index contributed by atoms with van der Waals surface area (Å²) in [6, 6.07) is 4.13. The Hall–Kier alpha value is -1.90. The van der Waals surface area contributed by atoms with Crippen LogP contribution in [0.4, 0.5) is 5.69 Å².